The Morgan fingerprint density at radius 3 is 1.84 bits per heavy atom. The van der Waals surface area contributed by atoms with Gasteiger partial charge in [-0.25, -0.2) is 0 Å². The van der Waals surface area contributed by atoms with E-state index in [0.29, 0.717) is 0 Å². The van der Waals surface area contributed by atoms with Crippen LogP contribution in [0.15, 0.2) is 164 Å². The zero-order chi connectivity index (χ0) is 40.9. The van der Waals surface area contributed by atoms with Crippen LogP contribution in [0.1, 0.15) is 90.8 Å². The first-order valence-electron chi connectivity index (χ1n) is 23.3. The van der Waals surface area contributed by atoms with Crippen molar-refractivity contribution in [3.63, 3.8) is 0 Å². The molecular weight excluding hydrogens is 765 g/mol. The molecule has 62 heavy (non-hydrogen) atoms. The maximum Gasteiger partial charge on any atom is 0.0355 e. The van der Waals surface area contributed by atoms with E-state index in [1.165, 1.54) is 124 Å². The summed E-state index contributed by atoms with van der Waals surface area (Å²) in [6.45, 7) is 4.82. The van der Waals surface area contributed by atoms with Crippen LogP contribution >= 0.6 is 11.3 Å². The molecule has 0 amide bonds. The number of benzene rings is 8. The molecule has 1 unspecified atom stereocenters. The van der Waals surface area contributed by atoms with Gasteiger partial charge in [-0.2, -0.15) is 0 Å². The third kappa shape index (κ3) is 4.84. The average Bonchev–Trinajstić information content (AvgIpc) is 3.90. The lowest BCUT2D eigenvalue weighted by Crippen LogP contribution is -2.55. The van der Waals surface area contributed by atoms with Crippen LogP contribution in [0.25, 0.3) is 64.3 Å². The second kappa shape index (κ2) is 12.9. The summed E-state index contributed by atoms with van der Waals surface area (Å²) in [6.07, 6.45) is 8.05. The molecule has 4 saturated carbocycles. The molecule has 4 bridgehead atoms. The van der Waals surface area contributed by atoms with Crippen LogP contribution in [0.5, 0.6) is 0 Å². The highest BCUT2D eigenvalue weighted by Crippen LogP contribution is 2.69. The van der Waals surface area contributed by atoms with Gasteiger partial charge >= 0.3 is 0 Å². The Morgan fingerprint density at radius 1 is 0.452 bits per heavy atom. The Morgan fingerprint density at radius 2 is 1.03 bits per heavy atom. The molecule has 1 spiro atoms. The van der Waals surface area contributed by atoms with E-state index in [1.54, 1.807) is 11.1 Å². The van der Waals surface area contributed by atoms with Gasteiger partial charge in [-0.15, -0.1) is 11.3 Å². The topological polar surface area (TPSA) is 0 Å². The van der Waals surface area contributed by atoms with E-state index in [0.717, 1.165) is 30.1 Å². The van der Waals surface area contributed by atoms with Crippen molar-refractivity contribution in [1.82, 2.24) is 0 Å². The van der Waals surface area contributed by atoms with E-state index in [4.69, 9.17) is 0 Å². The summed E-state index contributed by atoms with van der Waals surface area (Å²) in [5.74, 6) is 3.59. The lowest BCUT2D eigenvalue weighted by Gasteiger charge is -2.61. The van der Waals surface area contributed by atoms with Crippen LogP contribution in [0.3, 0.4) is 0 Å². The van der Waals surface area contributed by atoms with Crippen molar-refractivity contribution in [3.8, 4) is 33.4 Å². The van der Waals surface area contributed by atoms with Gasteiger partial charge in [-0.3, -0.25) is 0 Å². The zero-order valence-electron chi connectivity index (χ0n) is 35.6. The normalized spacial score (nSPS) is 23.8. The van der Waals surface area contributed by atoms with E-state index in [2.05, 4.69) is 178 Å². The molecule has 0 aliphatic heterocycles. The van der Waals surface area contributed by atoms with Gasteiger partial charge in [0.2, 0.25) is 0 Å². The minimum Gasteiger partial charge on any atom is -0.135 e. The molecule has 1 heterocycles. The fourth-order valence-electron chi connectivity index (χ4n) is 14.7. The highest BCUT2D eigenvalue weighted by Gasteiger charge is 2.61. The highest BCUT2D eigenvalue weighted by atomic mass is 32.1. The van der Waals surface area contributed by atoms with Crippen LogP contribution in [0.4, 0.5) is 0 Å². The first-order chi connectivity index (χ1) is 30.4. The number of hydrogen-bond donors (Lipinski definition) is 0. The third-order valence-electron chi connectivity index (χ3n) is 17.1. The van der Waals surface area contributed by atoms with Gasteiger partial charge in [0.1, 0.15) is 0 Å². The molecule has 1 atom stereocenters. The summed E-state index contributed by atoms with van der Waals surface area (Å²) in [7, 11) is 0. The van der Waals surface area contributed by atoms with E-state index < -0.39 is 0 Å². The van der Waals surface area contributed by atoms with Crippen LogP contribution in [0.2, 0.25) is 0 Å². The number of thiophene rings is 1. The molecule has 1 aromatic heterocycles. The maximum absolute atomic E-state index is 2.67. The number of hydrogen-bond acceptors (Lipinski definition) is 1. The molecule has 6 aliphatic carbocycles. The molecular formula is C61H50S. The van der Waals surface area contributed by atoms with Gasteiger partial charge in [0.15, 0.2) is 0 Å². The Balaban J connectivity index is 0.911. The first-order valence-corrected chi connectivity index (χ1v) is 24.2. The predicted octanol–water partition coefficient (Wildman–Crippen LogP) is 16.3. The minimum absolute atomic E-state index is 0.0547. The quantitative estimate of drug-likeness (QED) is 0.162. The predicted molar refractivity (Wildman–Crippen MR) is 262 cm³/mol. The highest BCUT2D eigenvalue weighted by molar-refractivity contribution is 7.25. The van der Waals surface area contributed by atoms with Gasteiger partial charge in [-0.1, -0.05) is 153 Å². The summed E-state index contributed by atoms with van der Waals surface area (Å²) in [5.41, 5.74) is 19.0. The molecule has 8 aromatic carbocycles. The Labute approximate surface area is 369 Å². The van der Waals surface area contributed by atoms with Gasteiger partial charge in [0, 0.05) is 36.9 Å². The maximum atomic E-state index is 2.67. The first kappa shape index (κ1) is 35.8. The van der Waals surface area contributed by atoms with Gasteiger partial charge in [-0.05, 0) is 170 Å². The summed E-state index contributed by atoms with van der Waals surface area (Å²) in [6, 6.07) is 64.1. The minimum atomic E-state index is -0.0547. The van der Waals surface area contributed by atoms with E-state index in [9.17, 15) is 0 Å². The van der Waals surface area contributed by atoms with Crippen molar-refractivity contribution in [2.45, 2.75) is 69.1 Å². The fourth-order valence-corrected chi connectivity index (χ4v) is 15.7. The molecule has 1 heteroatoms. The van der Waals surface area contributed by atoms with Crippen molar-refractivity contribution in [1.29, 1.82) is 0 Å². The third-order valence-corrected chi connectivity index (χ3v) is 18.3. The standard InChI is InChI=1S/C61H50S/c1-60(2)54-16-8-5-13-47(54)49-24-21-41(34-56(49)60)52(39-22-26-59-53(33-39)51-15-7-10-18-58(51)62-59)32-38-19-23-45(46-12-4-3-11-44(38)46)40-20-25-50-48-14-6-9-17-55(48)61(57(50)35-40)42-28-36-27-37(30-42)31-43(61)29-36/h3-26,33-37,42-43,52H,27-32H2,1-2H3. The molecule has 6 aliphatic rings. The molecule has 4 fully saturated rings. The van der Waals surface area contributed by atoms with E-state index in [1.807, 2.05) is 11.3 Å². The number of rotatable bonds is 5. The summed E-state index contributed by atoms with van der Waals surface area (Å²) >= 11 is 1.91. The summed E-state index contributed by atoms with van der Waals surface area (Å²) in [4.78, 5) is 0. The smallest absolute Gasteiger partial charge is 0.0355 e. The molecule has 0 nitrogen and oxygen atoms in total. The van der Waals surface area contributed by atoms with Crippen LogP contribution in [-0.2, 0) is 17.3 Å². The fraction of sp³-hybridized carbons (Fsp3) is 0.246. The monoisotopic (exact) mass is 814 g/mol. The molecule has 0 saturated heterocycles. The van der Waals surface area contributed by atoms with Crippen LogP contribution < -0.4 is 0 Å². The van der Waals surface area contributed by atoms with Crippen molar-refractivity contribution in [3.05, 3.63) is 203 Å². The zero-order valence-corrected chi connectivity index (χ0v) is 36.4. The lowest BCUT2D eigenvalue weighted by molar-refractivity contribution is -0.0399. The second-order valence-corrected chi connectivity index (χ2v) is 21.5. The van der Waals surface area contributed by atoms with Crippen molar-refractivity contribution in [2.24, 2.45) is 23.7 Å². The second-order valence-electron chi connectivity index (χ2n) is 20.4. The number of fused-ring (bicyclic) bond motifs is 10. The van der Waals surface area contributed by atoms with Crippen molar-refractivity contribution >= 4 is 42.3 Å². The summed E-state index contributed by atoms with van der Waals surface area (Å²) in [5, 5.41) is 5.47. The Hall–Kier alpha value is -5.76. The van der Waals surface area contributed by atoms with Crippen molar-refractivity contribution < 1.29 is 0 Å². The average molecular weight is 815 g/mol. The molecule has 0 N–H and O–H groups in total. The van der Waals surface area contributed by atoms with E-state index in [-0.39, 0.29) is 16.7 Å². The van der Waals surface area contributed by atoms with Gasteiger partial charge in [0.05, 0.1) is 0 Å². The van der Waals surface area contributed by atoms with E-state index >= 15 is 0 Å². The van der Waals surface area contributed by atoms with Gasteiger partial charge in [0.25, 0.3) is 0 Å². The lowest BCUT2D eigenvalue weighted by atomic mass is 9.43. The van der Waals surface area contributed by atoms with Crippen LogP contribution in [-0.4, -0.2) is 0 Å². The Bertz CT molecular complexity index is 3310. The molecule has 0 radical (unpaired) electrons. The molecule has 300 valence electrons. The van der Waals surface area contributed by atoms with Gasteiger partial charge < -0.3 is 0 Å². The summed E-state index contributed by atoms with van der Waals surface area (Å²) < 4.78 is 2.72. The van der Waals surface area contributed by atoms with Crippen molar-refractivity contribution in [2.75, 3.05) is 0 Å². The Kier molecular flexibility index (Phi) is 7.45. The van der Waals surface area contributed by atoms with Crippen LogP contribution in [0, 0.1) is 23.7 Å². The molecule has 9 aromatic rings. The molecule has 15 rings (SSSR count). The SMILES string of the molecule is CC1(C)c2ccccc2-c2ccc(C(Cc3ccc(-c4ccc5c(c4)C4(c6ccccc6-5)C5CC6CC(C5)CC4C6)c4ccccc34)c3ccc4sc5ccccc5c4c3)cc21. The largest absolute Gasteiger partial charge is 0.135 e.